The summed E-state index contributed by atoms with van der Waals surface area (Å²) in [6.45, 7) is 12.8. The van der Waals surface area contributed by atoms with Crippen LogP contribution in [-0.2, 0) is 35.3 Å². The van der Waals surface area contributed by atoms with Gasteiger partial charge in [-0.15, -0.1) is 28.1 Å². The van der Waals surface area contributed by atoms with Crippen LogP contribution in [0, 0.1) is 5.41 Å². The number of amides is 2. The normalized spacial score (nSPS) is 17.6. The van der Waals surface area contributed by atoms with Crippen LogP contribution in [0.4, 0.5) is 5.13 Å². The van der Waals surface area contributed by atoms with Crippen LogP contribution in [0.3, 0.4) is 0 Å². The van der Waals surface area contributed by atoms with E-state index in [1.165, 1.54) is 24.2 Å². The Hall–Kier alpha value is -4.69. The van der Waals surface area contributed by atoms with Crippen molar-refractivity contribution >= 4 is 75.4 Å². The molecule has 1 fully saturated rings. The molecule has 0 bridgehead atoms. The first kappa shape index (κ1) is 36.8. The van der Waals surface area contributed by atoms with Crippen LogP contribution in [0.1, 0.15) is 37.1 Å². The van der Waals surface area contributed by atoms with Crippen molar-refractivity contribution in [3.8, 4) is 0 Å². The van der Waals surface area contributed by atoms with Crippen LogP contribution < -0.4 is 11.1 Å². The summed E-state index contributed by atoms with van der Waals surface area (Å²) in [5.74, 6) is -4.16. The van der Waals surface area contributed by atoms with E-state index in [-0.39, 0.29) is 45.9 Å². The molecule has 2 aromatic rings. The highest BCUT2D eigenvalue weighted by Gasteiger charge is 2.55. The molecule has 0 aliphatic carbocycles. The Bertz CT molecular complexity index is 1670. The molecule has 4 heterocycles. The summed E-state index contributed by atoms with van der Waals surface area (Å²) < 4.78 is 6.20. The summed E-state index contributed by atoms with van der Waals surface area (Å²) >= 11 is 3.33. The number of β-lactam (4-membered cyclic amide) rings is 1. The van der Waals surface area contributed by atoms with Gasteiger partial charge < -0.3 is 30.8 Å². The fourth-order valence-electron chi connectivity index (χ4n) is 3.80. The van der Waals surface area contributed by atoms with E-state index >= 15 is 0 Å². The molecule has 0 saturated carbocycles. The van der Waals surface area contributed by atoms with Crippen molar-refractivity contribution in [2.75, 3.05) is 25.7 Å². The highest BCUT2D eigenvalue weighted by Crippen LogP contribution is 2.47. The number of hydrogen-bond acceptors (Lipinski definition) is 15. The third-order valence-electron chi connectivity index (χ3n) is 6.20. The van der Waals surface area contributed by atoms with Gasteiger partial charge in [0.15, 0.2) is 16.0 Å². The quantitative estimate of drug-likeness (QED) is 0.0650. The fraction of sp³-hybridized carbons (Fsp3) is 0.370. The van der Waals surface area contributed by atoms with E-state index in [1.807, 2.05) is 0 Å². The largest absolute Gasteiger partial charge is 0.481 e. The first-order chi connectivity index (χ1) is 22.1. The lowest BCUT2D eigenvalue weighted by Crippen LogP contribution is -2.70. The molecule has 0 unspecified atom stereocenters. The second-order valence-electron chi connectivity index (χ2n) is 10.5. The van der Waals surface area contributed by atoms with Crippen molar-refractivity contribution < 1.29 is 43.8 Å². The standard InChI is InChI=1S/C22H22N8O7S3.C5H10O2/c1-5-6-29-15(20(35)36-3)26-27-22(29)39-7-10-9(2)40-18-13(17(32)30(18)14(10)19(33)34)25-16(31)12(28-37-4)11-8-38-21(23)24-11;1-5(2,3)4(6)7/h5,8,13,18H,1-2,6-7H2,3-4H3,(H2,23,24)(H,25,31)(H,33,34);1-3H3,(H,6,7)/t13-,18-;/m1./s1. The van der Waals surface area contributed by atoms with Crippen LogP contribution in [0.25, 0.3) is 0 Å². The van der Waals surface area contributed by atoms with Crippen molar-refractivity contribution in [1.29, 1.82) is 0 Å². The molecule has 0 radical (unpaired) electrons. The fourth-order valence-corrected chi connectivity index (χ4v) is 6.68. The van der Waals surface area contributed by atoms with Crippen molar-refractivity contribution in [1.82, 2.24) is 30.0 Å². The van der Waals surface area contributed by atoms with Gasteiger partial charge in [-0.3, -0.25) is 23.9 Å². The number of nitrogen functional groups attached to an aromatic ring is 1. The smallest absolute Gasteiger partial charge is 0.376 e. The SMILES string of the molecule is C=CCn1c(SCC2=C(C(=O)O)N3C(=O)[C@@H](NC(=O)C(=NOC)c4csc(N)n4)[C@H]3SC2=C)nnc1C(=O)OC.CC(C)(C)C(=O)O. The number of thioether (sulfide) groups is 2. The van der Waals surface area contributed by atoms with E-state index in [0.29, 0.717) is 10.1 Å². The minimum atomic E-state index is -1.34. The predicted octanol–water partition coefficient (Wildman–Crippen LogP) is 1.80. The summed E-state index contributed by atoms with van der Waals surface area (Å²) in [7, 11) is 2.46. The number of fused-ring (bicyclic) bond motifs is 1. The average Bonchev–Trinajstić information content (AvgIpc) is 3.62. The zero-order chi connectivity index (χ0) is 35.2. The maximum Gasteiger partial charge on any atom is 0.376 e. The molecular weight excluding hydrogens is 677 g/mol. The number of nitrogens with two attached hydrogens (primary N) is 1. The molecule has 5 N–H and O–H groups in total. The van der Waals surface area contributed by atoms with Gasteiger partial charge in [-0.05, 0) is 20.8 Å². The molecular formula is C27H32N8O9S3. The van der Waals surface area contributed by atoms with Crippen molar-refractivity contribution in [2.45, 2.75) is 43.9 Å². The number of hydrogen-bond donors (Lipinski definition) is 4. The van der Waals surface area contributed by atoms with Gasteiger partial charge in [0, 0.05) is 28.2 Å². The Kier molecular flexibility index (Phi) is 11.9. The number of methoxy groups -OCH3 is 1. The van der Waals surface area contributed by atoms with E-state index in [2.05, 4.69) is 38.8 Å². The number of rotatable bonds is 11. The molecule has 47 heavy (non-hydrogen) atoms. The number of esters is 1. The molecule has 1 saturated heterocycles. The molecule has 0 spiro atoms. The van der Waals surface area contributed by atoms with Crippen LogP contribution in [0.15, 0.2) is 51.1 Å². The van der Waals surface area contributed by atoms with E-state index in [9.17, 15) is 29.1 Å². The van der Waals surface area contributed by atoms with Gasteiger partial charge in [0.05, 0.1) is 12.5 Å². The maximum atomic E-state index is 13.1. The molecule has 2 atom stereocenters. The number of ether oxygens (including phenoxy) is 1. The first-order valence-electron chi connectivity index (χ1n) is 13.3. The van der Waals surface area contributed by atoms with E-state index < -0.39 is 46.6 Å². The third-order valence-corrected chi connectivity index (χ3v) is 9.13. The van der Waals surface area contributed by atoms with Gasteiger partial charge in [-0.2, -0.15) is 0 Å². The Balaban J connectivity index is 0.000000771. The lowest BCUT2D eigenvalue weighted by Gasteiger charge is -2.49. The Morgan fingerprint density at radius 1 is 1.23 bits per heavy atom. The van der Waals surface area contributed by atoms with E-state index in [1.54, 1.807) is 26.8 Å². The maximum absolute atomic E-state index is 13.1. The molecule has 2 amide bonds. The van der Waals surface area contributed by atoms with Crippen LogP contribution in [0.5, 0.6) is 0 Å². The van der Waals surface area contributed by atoms with Crippen molar-refractivity contribution in [3.05, 3.63) is 52.3 Å². The average molecular weight is 709 g/mol. The second kappa shape index (κ2) is 15.3. The number of allylic oxidation sites excluding steroid dienone is 2. The summed E-state index contributed by atoms with van der Waals surface area (Å²) in [5, 5.41) is 33.7. The topological polar surface area (TPSA) is 242 Å². The first-order valence-corrected chi connectivity index (χ1v) is 16.1. The molecule has 0 aromatic carbocycles. The number of aromatic nitrogens is 4. The monoisotopic (exact) mass is 708 g/mol. The Morgan fingerprint density at radius 2 is 1.89 bits per heavy atom. The van der Waals surface area contributed by atoms with Gasteiger partial charge in [-0.25, -0.2) is 14.6 Å². The van der Waals surface area contributed by atoms with Crippen molar-refractivity contribution in [3.63, 3.8) is 0 Å². The van der Waals surface area contributed by atoms with Gasteiger partial charge in [0.25, 0.3) is 11.8 Å². The minimum Gasteiger partial charge on any atom is -0.481 e. The molecule has 17 nitrogen and oxygen atoms in total. The van der Waals surface area contributed by atoms with Crippen molar-refractivity contribution in [2.24, 2.45) is 10.6 Å². The molecule has 4 rings (SSSR count). The van der Waals surface area contributed by atoms with E-state index in [4.69, 9.17) is 20.4 Å². The minimum absolute atomic E-state index is 0.0394. The number of anilines is 1. The number of aliphatic carboxylic acids is 2. The number of oxime groups is 1. The van der Waals surface area contributed by atoms with Gasteiger partial charge in [0.1, 0.15) is 29.9 Å². The number of carbonyl (C=O) groups excluding carboxylic acids is 3. The number of thiazole rings is 1. The number of carbonyl (C=O) groups is 5. The zero-order valence-corrected chi connectivity index (χ0v) is 28.3. The summed E-state index contributed by atoms with van der Waals surface area (Å²) in [6, 6.07) is -1.06. The highest BCUT2D eigenvalue weighted by atomic mass is 32.2. The summed E-state index contributed by atoms with van der Waals surface area (Å²) in [4.78, 5) is 70.7. The Labute approximate surface area is 280 Å². The van der Waals surface area contributed by atoms with Gasteiger partial charge in [-0.1, -0.05) is 41.3 Å². The third kappa shape index (κ3) is 8.19. The highest BCUT2D eigenvalue weighted by molar-refractivity contribution is 8.04. The lowest BCUT2D eigenvalue weighted by molar-refractivity contribution is -0.150. The number of carboxylic acid groups (broad SMARTS) is 2. The molecule has 252 valence electrons. The summed E-state index contributed by atoms with van der Waals surface area (Å²) in [5.41, 5.74) is 5.05. The molecule has 20 heteroatoms. The van der Waals surface area contributed by atoms with Crippen LogP contribution in [0.2, 0.25) is 0 Å². The number of nitrogens with zero attached hydrogens (tertiary/aromatic N) is 6. The van der Waals surface area contributed by atoms with Gasteiger partial charge >= 0.3 is 17.9 Å². The summed E-state index contributed by atoms with van der Waals surface area (Å²) in [6.07, 6.45) is 1.54. The molecule has 2 aliphatic heterocycles. The number of carboxylic acids is 2. The molecule has 2 aromatic heterocycles. The van der Waals surface area contributed by atoms with Gasteiger partial charge in [0.2, 0.25) is 5.82 Å². The molecule has 2 aliphatic rings. The van der Waals surface area contributed by atoms with E-state index in [0.717, 1.165) is 39.8 Å². The lowest BCUT2D eigenvalue weighted by atomic mass is 9.98. The van der Waals surface area contributed by atoms with Crippen LogP contribution in [-0.4, -0.2) is 102 Å². The predicted molar refractivity (Wildman–Crippen MR) is 173 cm³/mol. The zero-order valence-electron chi connectivity index (χ0n) is 25.9. The second-order valence-corrected chi connectivity index (χ2v) is 13.5. The Morgan fingerprint density at radius 3 is 2.40 bits per heavy atom. The number of nitrogens with one attached hydrogen (secondary N) is 1. The van der Waals surface area contributed by atoms with Crippen LogP contribution >= 0.6 is 34.9 Å².